The number of amides is 2. The van der Waals surface area contributed by atoms with Gasteiger partial charge in [-0.3, -0.25) is 14.7 Å². The smallest absolute Gasteiger partial charge is 0.274 e. The molecule has 3 aromatic rings. The van der Waals surface area contributed by atoms with E-state index in [0.29, 0.717) is 0 Å². The zero-order chi connectivity index (χ0) is 18.7. The summed E-state index contributed by atoms with van der Waals surface area (Å²) < 4.78 is 0.945. The van der Waals surface area contributed by atoms with Crippen molar-refractivity contribution in [2.24, 2.45) is 0 Å². The fourth-order valence-electron chi connectivity index (χ4n) is 2.43. The fraction of sp³-hybridized carbons (Fsp3) is 0.167. The molecule has 0 fully saturated rings. The van der Waals surface area contributed by atoms with Gasteiger partial charge in [0.25, 0.3) is 5.91 Å². The van der Waals surface area contributed by atoms with Gasteiger partial charge in [-0.25, -0.2) is 0 Å². The topological polar surface area (TPSA) is 78.1 Å². The standard InChI is InChI=1S/C18H17BrN4O2S/c1-11-8-12(19)5-6-13(11)20-17(24)10-23(2)18(25)15-9-14(21-22-15)16-4-3-7-26-16/h3-9H,10H2,1-2H3,(H,20,24)(H,21,22). The quantitative estimate of drug-likeness (QED) is 0.640. The van der Waals surface area contributed by atoms with Crippen LogP contribution in [0, 0.1) is 6.92 Å². The van der Waals surface area contributed by atoms with Crippen LogP contribution in [0.2, 0.25) is 0 Å². The van der Waals surface area contributed by atoms with Gasteiger partial charge in [-0.15, -0.1) is 11.3 Å². The number of aromatic nitrogens is 2. The number of halogens is 1. The van der Waals surface area contributed by atoms with E-state index < -0.39 is 0 Å². The number of nitrogens with zero attached hydrogens (tertiary/aromatic N) is 2. The lowest BCUT2D eigenvalue weighted by molar-refractivity contribution is -0.116. The number of carbonyl (C=O) groups is 2. The van der Waals surface area contributed by atoms with E-state index in [4.69, 9.17) is 0 Å². The van der Waals surface area contributed by atoms with Crippen LogP contribution in [-0.2, 0) is 4.79 Å². The molecule has 26 heavy (non-hydrogen) atoms. The molecule has 2 amide bonds. The summed E-state index contributed by atoms with van der Waals surface area (Å²) in [6.45, 7) is 1.85. The Morgan fingerprint density at radius 3 is 2.81 bits per heavy atom. The molecule has 8 heteroatoms. The van der Waals surface area contributed by atoms with Crippen LogP contribution in [0.5, 0.6) is 0 Å². The van der Waals surface area contributed by atoms with Crippen LogP contribution in [0.1, 0.15) is 16.1 Å². The third kappa shape index (κ3) is 4.20. The van der Waals surface area contributed by atoms with Crippen LogP contribution < -0.4 is 5.32 Å². The van der Waals surface area contributed by atoms with E-state index >= 15 is 0 Å². The van der Waals surface area contributed by atoms with Crippen molar-refractivity contribution in [3.63, 3.8) is 0 Å². The normalized spacial score (nSPS) is 10.6. The Bertz CT molecular complexity index is 937. The summed E-state index contributed by atoms with van der Waals surface area (Å²) in [5.41, 5.74) is 2.73. The molecule has 0 saturated carbocycles. The predicted octanol–water partition coefficient (Wildman–Crippen LogP) is 3.92. The number of hydrogen-bond acceptors (Lipinski definition) is 4. The third-order valence-electron chi connectivity index (χ3n) is 3.77. The minimum atomic E-state index is -0.313. The van der Waals surface area contributed by atoms with Gasteiger partial charge in [-0.2, -0.15) is 5.10 Å². The maximum Gasteiger partial charge on any atom is 0.274 e. The van der Waals surface area contributed by atoms with Gasteiger partial charge in [0, 0.05) is 17.2 Å². The SMILES string of the molecule is Cc1cc(Br)ccc1NC(=O)CN(C)C(=O)c1cc(-c2cccs2)[nH]n1. The van der Waals surface area contributed by atoms with Crippen molar-refractivity contribution in [3.8, 4) is 10.6 Å². The molecule has 6 nitrogen and oxygen atoms in total. The van der Waals surface area contributed by atoms with E-state index in [1.165, 1.54) is 4.90 Å². The molecular weight excluding hydrogens is 416 g/mol. The highest BCUT2D eigenvalue weighted by atomic mass is 79.9. The highest BCUT2D eigenvalue weighted by Gasteiger charge is 2.19. The molecule has 0 aliphatic carbocycles. The largest absolute Gasteiger partial charge is 0.331 e. The summed E-state index contributed by atoms with van der Waals surface area (Å²) in [7, 11) is 1.58. The Morgan fingerprint density at radius 1 is 1.31 bits per heavy atom. The molecule has 3 rings (SSSR count). The van der Waals surface area contributed by atoms with Gasteiger partial charge in [0.1, 0.15) is 0 Å². The Morgan fingerprint density at radius 2 is 2.12 bits per heavy atom. The first kappa shape index (κ1) is 18.3. The molecule has 2 aromatic heterocycles. The number of aryl methyl sites for hydroxylation is 1. The van der Waals surface area contributed by atoms with Crippen LogP contribution in [-0.4, -0.2) is 40.5 Å². The summed E-state index contributed by atoms with van der Waals surface area (Å²) >= 11 is 4.95. The van der Waals surface area contributed by atoms with Crippen molar-refractivity contribution in [1.29, 1.82) is 0 Å². The number of nitrogens with one attached hydrogen (secondary N) is 2. The average molecular weight is 433 g/mol. The van der Waals surface area contributed by atoms with Crippen molar-refractivity contribution in [2.45, 2.75) is 6.92 Å². The predicted molar refractivity (Wildman–Crippen MR) is 106 cm³/mol. The number of H-pyrrole nitrogens is 1. The van der Waals surface area contributed by atoms with Gasteiger partial charge in [0.05, 0.1) is 17.1 Å². The van der Waals surface area contributed by atoms with E-state index in [2.05, 4.69) is 31.4 Å². The molecule has 0 radical (unpaired) electrons. The molecule has 0 aliphatic heterocycles. The molecule has 0 unspecified atom stereocenters. The molecule has 134 valence electrons. The summed E-state index contributed by atoms with van der Waals surface area (Å²) in [4.78, 5) is 27.1. The second-order valence-electron chi connectivity index (χ2n) is 5.81. The molecule has 2 heterocycles. The molecule has 0 aliphatic rings. The Kier molecular flexibility index (Phi) is 5.53. The number of benzene rings is 1. The van der Waals surface area contributed by atoms with Gasteiger partial charge in [-0.1, -0.05) is 22.0 Å². The molecule has 2 N–H and O–H groups in total. The van der Waals surface area contributed by atoms with E-state index in [0.717, 1.165) is 26.3 Å². The average Bonchev–Trinajstić information content (AvgIpc) is 3.27. The first-order valence-electron chi connectivity index (χ1n) is 7.85. The number of carbonyl (C=O) groups excluding carboxylic acids is 2. The zero-order valence-corrected chi connectivity index (χ0v) is 16.6. The number of anilines is 1. The van der Waals surface area contributed by atoms with Crippen LogP contribution >= 0.6 is 27.3 Å². The highest BCUT2D eigenvalue weighted by molar-refractivity contribution is 9.10. The molecule has 0 atom stereocenters. The van der Waals surface area contributed by atoms with Crippen LogP contribution in [0.3, 0.4) is 0 Å². The molecule has 0 saturated heterocycles. The number of thiophene rings is 1. The van der Waals surface area contributed by atoms with Gasteiger partial charge in [-0.05, 0) is 48.2 Å². The lowest BCUT2D eigenvalue weighted by atomic mass is 10.2. The van der Waals surface area contributed by atoms with Gasteiger partial charge >= 0.3 is 0 Å². The van der Waals surface area contributed by atoms with Gasteiger partial charge in [0.2, 0.25) is 5.91 Å². The minimum absolute atomic E-state index is 0.0600. The lowest BCUT2D eigenvalue weighted by Crippen LogP contribution is -2.35. The van der Waals surface area contributed by atoms with Crippen molar-refractivity contribution >= 4 is 44.8 Å². The van der Waals surface area contributed by atoms with Crippen LogP contribution in [0.15, 0.2) is 46.3 Å². The highest BCUT2D eigenvalue weighted by Crippen LogP contribution is 2.23. The summed E-state index contributed by atoms with van der Waals surface area (Å²) in [5.74, 6) is -0.577. The Hall–Kier alpha value is -2.45. The van der Waals surface area contributed by atoms with Crippen molar-refractivity contribution in [3.05, 3.63) is 57.5 Å². The van der Waals surface area contributed by atoms with E-state index in [-0.39, 0.29) is 24.1 Å². The summed E-state index contributed by atoms with van der Waals surface area (Å²) in [6.07, 6.45) is 0. The van der Waals surface area contributed by atoms with Crippen LogP contribution in [0.4, 0.5) is 5.69 Å². The summed E-state index contributed by atoms with van der Waals surface area (Å²) in [5, 5.41) is 11.7. The van der Waals surface area contributed by atoms with Gasteiger partial charge in [0.15, 0.2) is 5.69 Å². The van der Waals surface area contributed by atoms with Gasteiger partial charge < -0.3 is 10.2 Å². The van der Waals surface area contributed by atoms with Crippen molar-refractivity contribution in [2.75, 3.05) is 18.9 Å². The minimum Gasteiger partial charge on any atom is -0.331 e. The second-order valence-corrected chi connectivity index (χ2v) is 7.68. The van der Waals surface area contributed by atoms with Crippen LogP contribution in [0.25, 0.3) is 10.6 Å². The van der Waals surface area contributed by atoms with Crippen molar-refractivity contribution < 1.29 is 9.59 Å². The first-order valence-corrected chi connectivity index (χ1v) is 9.52. The molecule has 0 bridgehead atoms. The molecular formula is C18H17BrN4O2S. The summed E-state index contributed by atoms with van der Waals surface area (Å²) in [6, 6.07) is 11.2. The maximum atomic E-state index is 12.5. The molecule has 1 aromatic carbocycles. The van der Waals surface area contributed by atoms with E-state index in [1.807, 2.05) is 42.6 Å². The Labute approximate surface area is 163 Å². The number of hydrogen-bond donors (Lipinski definition) is 2. The van der Waals surface area contributed by atoms with Crippen molar-refractivity contribution in [1.82, 2.24) is 15.1 Å². The lowest BCUT2D eigenvalue weighted by Gasteiger charge is -2.16. The number of aromatic amines is 1. The Balaban J connectivity index is 1.62. The number of rotatable bonds is 5. The number of likely N-dealkylation sites (N-methyl/N-ethyl adjacent to an activating group) is 1. The monoisotopic (exact) mass is 432 g/mol. The van der Waals surface area contributed by atoms with E-state index in [9.17, 15) is 9.59 Å². The maximum absolute atomic E-state index is 12.5. The third-order valence-corrected chi connectivity index (χ3v) is 5.17. The van der Waals surface area contributed by atoms with E-state index in [1.54, 1.807) is 24.5 Å². The zero-order valence-electron chi connectivity index (χ0n) is 14.2. The fourth-order valence-corrected chi connectivity index (χ4v) is 3.60. The molecule has 0 spiro atoms. The first-order chi connectivity index (χ1) is 12.4. The second kappa shape index (κ2) is 7.84.